The van der Waals surface area contributed by atoms with E-state index in [9.17, 15) is 4.79 Å². The molecule has 1 saturated carbocycles. The van der Waals surface area contributed by atoms with Crippen LogP contribution >= 0.6 is 24.0 Å². The molecule has 3 rings (SSSR count). The van der Waals surface area contributed by atoms with E-state index in [1.54, 1.807) is 7.11 Å². The molecule has 1 aliphatic heterocycles. The smallest absolute Gasteiger partial charge is 0.227 e. The average molecular weight is 544 g/mol. The molecule has 0 aromatic heterocycles. The number of amides is 1. The third-order valence-electron chi connectivity index (χ3n) is 5.95. The molecule has 31 heavy (non-hydrogen) atoms. The molecule has 2 aliphatic rings. The number of methoxy groups -OCH3 is 1. The summed E-state index contributed by atoms with van der Waals surface area (Å²) >= 11 is 0. The van der Waals surface area contributed by atoms with Crippen LogP contribution in [-0.4, -0.2) is 63.8 Å². The molecule has 0 bridgehead atoms. The number of benzene rings is 1. The lowest BCUT2D eigenvalue weighted by Crippen LogP contribution is -2.39. The second-order valence-corrected chi connectivity index (χ2v) is 8.24. The van der Waals surface area contributed by atoms with Crippen LogP contribution in [0.2, 0.25) is 0 Å². The predicted molar refractivity (Wildman–Crippen MR) is 135 cm³/mol. The summed E-state index contributed by atoms with van der Waals surface area (Å²) in [5.41, 5.74) is 2.00. The summed E-state index contributed by atoms with van der Waals surface area (Å²) in [6.45, 7) is 4.65. The van der Waals surface area contributed by atoms with Crippen LogP contribution in [0.5, 0.6) is 0 Å². The molecule has 1 aromatic carbocycles. The van der Waals surface area contributed by atoms with Crippen LogP contribution in [0.4, 0.5) is 5.69 Å². The van der Waals surface area contributed by atoms with Gasteiger partial charge in [-0.15, -0.1) is 24.0 Å². The van der Waals surface area contributed by atoms with Crippen LogP contribution in [-0.2, 0) is 20.8 Å². The molecule has 1 amide bonds. The van der Waals surface area contributed by atoms with Crippen molar-refractivity contribution >= 4 is 41.5 Å². The zero-order chi connectivity index (χ0) is 21.2. The van der Waals surface area contributed by atoms with E-state index in [1.165, 1.54) is 0 Å². The highest BCUT2D eigenvalue weighted by Crippen LogP contribution is 2.26. The molecule has 0 radical (unpaired) electrons. The number of ether oxygens (including phenoxy) is 2. The van der Waals surface area contributed by atoms with Crippen molar-refractivity contribution in [2.75, 3.05) is 52.4 Å². The highest BCUT2D eigenvalue weighted by atomic mass is 127. The number of nitrogens with zero attached hydrogens (tertiary/aromatic N) is 2. The SMILES string of the molecule is CN=C(NCc1cccc(NC(=O)C2CCCC2)c1)N1CCC(COCCOC)C1.I. The van der Waals surface area contributed by atoms with Crippen molar-refractivity contribution in [3.05, 3.63) is 29.8 Å². The third-order valence-corrected chi connectivity index (χ3v) is 5.95. The molecule has 2 N–H and O–H groups in total. The topological polar surface area (TPSA) is 75.2 Å². The number of guanidine groups is 1. The zero-order valence-corrected chi connectivity index (χ0v) is 21.1. The number of carbonyl (C=O) groups is 1. The van der Waals surface area contributed by atoms with E-state index in [-0.39, 0.29) is 35.8 Å². The van der Waals surface area contributed by atoms with Crippen molar-refractivity contribution in [3.8, 4) is 0 Å². The van der Waals surface area contributed by atoms with Gasteiger partial charge < -0.3 is 25.0 Å². The molecule has 7 nitrogen and oxygen atoms in total. The van der Waals surface area contributed by atoms with E-state index in [0.717, 1.165) is 69.0 Å². The number of rotatable bonds is 9. The van der Waals surface area contributed by atoms with E-state index < -0.39 is 0 Å². The molecular formula is C23H37IN4O3. The summed E-state index contributed by atoms with van der Waals surface area (Å²) in [5.74, 6) is 1.76. The standard InChI is InChI=1S/C23H36N4O3.HI/c1-24-23(27-11-10-19(16-27)17-30-13-12-29-2)25-15-18-6-5-9-21(14-18)26-22(28)20-7-3-4-8-20;/h5-6,9,14,19-20H,3-4,7-8,10-13,15-17H2,1-2H3,(H,24,25)(H,26,28);1H. The lowest BCUT2D eigenvalue weighted by Gasteiger charge is -2.22. The van der Waals surface area contributed by atoms with E-state index in [1.807, 2.05) is 25.2 Å². The second-order valence-electron chi connectivity index (χ2n) is 8.24. The highest BCUT2D eigenvalue weighted by molar-refractivity contribution is 14.0. The maximum atomic E-state index is 12.4. The Morgan fingerprint density at radius 1 is 1.23 bits per heavy atom. The first-order valence-electron chi connectivity index (χ1n) is 11.1. The first kappa shape index (κ1) is 25.9. The van der Waals surface area contributed by atoms with Gasteiger partial charge in [0.25, 0.3) is 0 Å². The van der Waals surface area contributed by atoms with Gasteiger partial charge in [-0.25, -0.2) is 0 Å². The Balaban J connectivity index is 0.00000341. The second kappa shape index (κ2) is 13.9. The van der Waals surface area contributed by atoms with E-state index in [4.69, 9.17) is 9.47 Å². The molecule has 2 fully saturated rings. The van der Waals surface area contributed by atoms with Gasteiger partial charge >= 0.3 is 0 Å². The zero-order valence-electron chi connectivity index (χ0n) is 18.8. The molecule has 0 spiro atoms. The van der Waals surface area contributed by atoms with Gasteiger partial charge in [0.2, 0.25) is 5.91 Å². The van der Waals surface area contributed by atoms with Crippen LogP contribution in [0.25, 0.3) is 0 Å². The van der Waals surface area contributed by atoms with Gasteiger partial charge in [-0.3, -0.25) is 9.79 Å². The third kappa shape index (κ3) is 8.23. The van der Waals surface area contributed by atoms with Gasteiger partial charge in [-0.05, 0) is 37.0 Å². The van der Waals surface area contributed by atoms with Crippen molar-refractivity contribution in [3.63, 3.8) is 0 Å². The summed E-state index contributed by atoms with van der Waals surface area (Å²) in [6, 6.07) is 8.07. The molecule has 1 aliphatic carbocycles. The van der Waals surface area contributed by atoms with Gasteiger partial charge in [0, 0.05) is 51.3 Å². The molecule has 1 aromatic rings. The fraction of sp³-hybridized carbons (Fsp3) is 0.652. The Morgan fingerprint density at radius 3 is 2.77 bits per heavy atom. The van der Waals surface area contributed by atoms with Crippen LogP contribution in [0.3, 0.4) is 0 Å². The minimum absolute atomic E-state index is 0. The molecule has 1 atom stereocenters. The van der Waals surface area contributed by atoms with Crippen LogP contribution in [0, 0.1) is 11.8 Å². The number of nitrogens with one attached hydrogen (secondary N) is 2. The quantitative estimate of drug-likeness (QED) is 0.216. The number of hydrogen-bond acceptors (Lipinski definition) is 4. The van der Waals surface area contributed by atoms with Gasteiger partial charge in [-0.2, -0.15) is 0 Å². The monoisotopic (exact) mass is 544 g/mol. The summed E-state index contributed by atoms with van der Waals surface area (Å²) in [6.07, 6.45) is 5.46. The Kier molecular flexibility index (Phi) is 11.6. The van der Waals surface area contributed by atoms with Crippen molar-refractivity contribution in [2.24, 2.45) is 16.8 Å². The Labute approximate surface area is 203 Å². The largest absolute Gasteiger partial charge is 0.382 e. The molecule has 1 unspecified atom stereocenters. The lowest BCUT2D eigenvalue weighted by molar-refractivity contribution is -0.119. The fourth-order valence-electron chi connectivity index (χ4n) is 4.26. The number of halogens is 1. The van der Waals surface area contributed by atoms with Crippen molar-refractivity contribution < 1.29 is 14.3 Å². The van der Waals surface area contributed by atoms with Crippen molar-refractivity contribution in [1.82, 2.24) is 10.2 Å². The Hall–Kier alpha value is -1.39. The average Bonchev–Trinajstić information content (AvgIpc) is 3.45. The van der Waals surface area contributed by atoms with Gasteiger partial charge in [-0.1, -0.05) is 25.0 Å². The fourth-order valence-corrected chi connectivity index (χ4v) is 4.26. The first-order chi connectivity index (χ1) is 14.7. The van der Waals surface area contributed by atoms with Crippen LogP contribution in [0.15, 0.2) is 29.3 Å². The summed E-state index contributed by atoms with van der Waals surface area (Å²) in [4.78, 5) is 19.1. The van der Waals surface area contributed by atoms with Crippen molar-refractivity contribution in [1.29, 1.82) is 0 Å². The molecule has 174 valence electrons. The minimum atomic E-state index is 0. The van der Waals surface area contributed by atoms with E-state index >= 15 is 0 Å². The number of hydrogen-bond donors (Lipinski definition) is 2. The molecular weight excluding hydrogens is 507 g/mol. The number of aliphatic imine (C=N–C) groups is 1. The predicted octanol–water partition coefficient (Wildman–Crippen LogP) is 3.49. The summed E-state index contributed by atoms with van der Waals surface area (Å²) in [5, 5.41) is 6.55. The summed E-state index contributed by atoms with van der Waals surface area (Å²) < 4.78 is 10.7. The maximum absolute atomic E-state index is 12.4. The van der Waals surface area contributed by atoms with Gasteiger partial charge in [0.1, 0.15) is 0 Å². The molecule has 8 heteroatoms. The number of likely N-dealkylation sites (tertiary alicyclic amines) is 1. The van der Waals surface area contributed by atoms with Crippen LogP contribution < -0.4 is 10.6 Å². The number of anilines is 1. The van der Waals surface area contributed by atoms with E-state index in [0.29, 0.717) is 25.7 Å². The van der Waals surface area contributed by atoms with E-state index in [2.05, 4.69) is 26.6 Å². The Morgan fingerprint density at radius 2 is 2.03 bits per heavy atom. The number of carbonyl (C=O) groups excluding carboxylic acids is 1. The lowest BCUT2D eigenvalue weighted by atomic mass is 10.1. The van der Waals surface area contributed by atoms with Crippen LogP contribution in [0.1, 0.15) is 37.7 Å². The highest BCUT2D eigenvalue weighted by Gasteiger charge is 2.25. The summed E-state index contributed by atoms with van der Waals surface area (Å²) in [7, 11) is 3.51. The molecule has 1 heterocycles. The normalized spacial score (nSPS) is 19.4. The first-order valence-corrected chi connectivity index (χ1v) is 11.1. The van der Waals surface area contributed by atoms with Gasteiger partial charge in [0.15, 0.2) is 5.96 Å². The Bertz CT molecular complexity index is 710. The molecule has 1 saturated heterocycles. The van der Waals surface area contributed by atoms with Gasteiger partial charge in [0.05, 0.1) is 19.8 Å². The minimum Gasteiger partial charge on any atom is -0.382 e. The maximum Gasteiger partial charge on any atom is 0.227 e. The van der Waals surface area contributed by atoms with Crippen molar-refractivity contribution in [2.45, 2.75) is 38.6 Å².